The fourth-order valence-electron chi connectivity index (χ4n) is 3.09. The second kappa shape index (κ2) is 8.29. The van der Waals surface area contributed by atoms with Gasteiger partial charge in [-0.1, -0.05) is 6.92 Å². The molecule has 0 saturated carbocycles. The minimum absolute atomic E-state index is 0.0704. The third-order valence-corrected chi connectivity index (χ3v) is 4.50. The molecule has 0 spiro atoms. The molecule has 2 aliphatic rings. The number of morpholine rings is 1. The van der Waals surface area contributed by atoms with E-state index in [1.54, 1.807) is 16.7 Å². The maximum absolute atomic E-state index is 12.4. The molecule has 3 amide bonds. The van der Waals surface area contributed by atoms with Gasteiger partial charge in [-0.15, -0.1) is 0 Å². The summed E-state index contributed by atoms with van der Waals surface area (Å²) in [5, 5.41) is 2.82. The van der Waals surface area contributed by atoms with Crippen LogP contribution in [0.1, 0.15) is 33.1 Å². The SMILES string of the molecule is CCC(=O)N1CCCC(C(=O)NC(C)C(=O)N2CCOCC2)C1. The molecule has 2 heterocycles. The van der Waals surface area contributed by atoms with Crippen molar-refractivity contribution in [3.63, 3.8) is 0 Å². The van der Waals surface area contributed by atoms with Gasteiger partial charge in [0.2, 0.25) is 17.7 Å². The first-order valence-electron chi connectivity index (χ1n) is 8.47. The Morgan fingerprint density at radius 1 is 1.17 bits per heavy atom. The predicted octanol–water partition coefficient (Wildman–Crippen LogP) is -0.00150. The molecular weight excluding hydrogens is 298 g/mol. The topological polar surface area (TPSA) is 79.0 Å². The third kappa shape index (κ3) is 4.67. The quantitative estimate of drug-likeness (QED) is 0.789. The fraction of sp³-hybridized carbons (Fsp3) is 0.812. The highest BCUT2D eigenvalue weighted by atomic mass is 16.5. The van der Waals surface area contributed by atoms with E-state index in [0.29, 0.717) is 39.3 Å². The van der Waals surface area contributed by atoms with Crippen LogP contribution >= 0.6 is 0 Å². The minimum Gasteiger partial charge on any atom is -0.378 e. The van der Waals surface area contributed by atoms with Crippen molar-refractivity contribution in [2.24, 2.45) is 5.92 Å². The Morgan fingerprint density at radius 2 is 1.87 bits per heavy atom. The Labute approximate surface area is 137 Å². The van der Waals surface area contributed by atoms with Crippen LogP contribution in [-0.4, -0.2) is 73.0 Å². The van der Waals surface area contributed by atoms with Gasteiger partial charge in [0.15, 0.2) is 0 Å². The first-order chi connectivity index (χ1) is 11.0. The number of nitrogens with one attached hydrogen (secondary N) is 1. The van der Waals surface area contributed by atoms with Crippen molar-refractivity contribution in [2.75, 3.05) is 39.4 Å². The second-order valence-electron chi connectivity index (χ2n) is 6.20. The normalized spacial score (nSPS) is 23.3. The number of carbonyl (C=O) groups excluding carboxylic acids is 3. The van der Waals surface area contributed by atoms with Gasteiger partial charge in [0.25, 0.3) is 0 Å². The summed E-state index contributed by atoms with van der Waals surface area (Å²) in [6, 6.07) is -0.544. The summed E-state index contributed by atoms with van der Waals surface area (Å²) in [5.74, 6) is -0.342. The van der Waals surface area contributed by atoms with Crippen molar-refractivity contribution in [2.45, 2.75) is 39.2 Å². The third-order valence-electron chi connectivity index (χ3n) is 4.50. The van der Waals surface area contributed by atoms with Crippen LogP contribution in [0.25, 0.3) is 0 Å². The van der Waals surface area contributed by atoms with Crippen molar-refractivity contribution in [1.82, 2.24) is 15.1 Å². The molecule has 0 aromatic rings. The lowest BCUT2D eigenvalue weighted by Gasteiger charge is -2.33. The number of rotatable bonds is 4. The van der Waals surface area contributed by atoms with Gasteiger partial charge >= 0.3 is 0 Å². The summed E-state index contributed by atoms with van der Waals surface area (Å²) in [6.07, 6.45) is 2.05. The molecule has 130 valence electrons. The largest absolute Gasteiger partial charge is 0.378 e. The first-order valence-corrected chi connectivity index (χ1v) is 8.47. The van der Waals surface area contributed by atoms with Gasteiger partial charge < -0.3 is 19.9 Å². The summed E-state index contributed by atoms with van der Waals surface area (Å²) in [5.41, 5.74) is 0. The number of amides is 3. The van der Waals surface area contributed by atoms with Crippen LogP contribution < -0.4 is 5.32 Å². The lowest BCUT2D eigenvalue weighted by atomic mass is 9.96. The zero-order chi connectivity index (χ0) is 16.8. The van der Waals surface area contributed by atoms with Gasteiger partial charge in [-0.3, -0.25) is 14.4 Å². The summed E-state index contributed by atoms with van der Waals surface area (Å²) >= 11 is 0. The molecule has 7 nitrogen and oxygen atoms in total. The molecule has 0 aromatic heterocycles. The molecule has 2 atom stereocenters. The van der Waals surface area contributed by atoms with E-state index in [1.165, 1.54) is 0 Å². The van der Waals surface area contributed by atoms with E-state index in [1.807, 2.05) is 6.92 Å². The predicted molar refractivity (Wildman–Crippen MR) is 84.6 cm³/mol. The van der Waals surface area contributed by atoms with Crippen LogP contribution in [0.3, 0.4) is 0 Å². The van der Waals surface area contributed by atoms with E-state index < -0.39 is 6.04 Å². The van der Waals surface area contributed by atoms with E-state index in [0.717, 1.165) is 19.4 Å². The molecule has 1 N–H and O–H groups in total. The van der Waals surface area contributed by atoms with Crippen LogP contribution in [-0.2, 0) is 19.1 Å². The highest BCUT2D eigenvalue weighted by Gasteiger charge is 2.30. The molecule has 0 radical (unpaired) electrons. The van der Waals surface area contributed by atoms with Crippen molar-refractivity contribution in [1.29, 1.82) is 0 Å². The molecular formula is C16H27N3O4. The molecule has 0 aliphatic carbocycles. The van der Waals surface area contributed by atoms with Crippen LogP contribution in [0.4, 0.5) is 0 Å². The summed E-state index contributed by atoms with van der Waals surface area (Å²) in [6.45, 7) is 6.95. The van der Waals surface area contributed by atoms with E-state index >= 15 is 0 Å². The zero-order valence-corrected chi connectivity index (χ0v) is 14.0. The molecule has 23 heavy (non-hydrogen) atoms. The molecule has 2 fully saturated rings. The standard InChI is InChI=1S/C16H27N3O4/c1-3-14(20)19-6-4-5-13(11-19)15(21)17-12(2)16(22)18-7-9-23-10-8-18/h12-13H,3-11H2,1-2H3,(H,17,21). The number of hydrogen-bond acceptors (Lipinski definition) is 4. The van der Waals surface area contributed by atoms with Crippen molar-refractivity contribution >= 4 is 17.7 Å². The van der Waals surface area contributed by atoms with Crippen molar-refractivity contribution in [3.8, 4) is 0 Å². The Bertz CT molecular complexity index is 449. The summed E-state index contributed by atoms with van der Waals surface area (Å²) in [4.78, 5) is 40.0. The number of carbonyl (C=O) groups is 3. The molecule has 0 bridgehead atoms. The minimum atomic E-state index is -0.544. The lowest BCUT2D eigenvalue weighted by Crippen LogP contribution is -2.53. The highest BCUT2D eigenvalue weighted by Crippen LogP contribution is 2.17. The first kappa shape index (κ1) is 17.7. The van der Waals surface area contributed by atoms with E-state index in [2.05, 4.69) is 5.32 Å². The summed E-state index contributed by atoms with van der Waals surface area (Å²) < 4.78 is 5.23. The average molecular weight is 325 g/mol. The Morgan fingerprint density at radius 3 is 2.52 bits per heavy atom. The average Bonchev–Trinajstić information content (AvgIpc) is 2.61. The van der Waals surface area contributed by atoms with E-state index in [9.17, 15) is 14.4 Å². The Balaban J connectivity index is 1.85. The molecule has 2 saturated heterocycles. The monoisotopic (exact) mass is 325 g/mol. The highest BCUT2D eigenvalue weighted by molar-refractivity contribution is 5.88. The summed E-state index contributed by atoms with van der Waals surface area (Å²) in [7, 11) is 0. The van der Waals surface area contributed by atoms with Crippen LogP contribution in [0, 0.1) is 5.92 Å². The number of ether oxygens (including phenoxy) is 1. The van der Waals surface area contributed by atoms with Crippen LogP contribution in [0.5, 0.6) is 0 Å². The van der Waals surface area contributed by atoms with E-state index in [4.69, 9.17) is 4.74 Å². The van der Waals surface area contributed by atoms with Gasteiger partial charge in [-0.2, -0.15) is 0 Å². The molecule has 2 rings (SSSR count). The van der Waals surface area contributed by atoms with Gasteiger partial charge in [0, 0.05) is 32.6 Å². The Kier molecular flexibility index (Phi) is 6.38. The van der Waals surface area contributed by atoms with Gasteiger partial charge in [0.05, 0.1) is 19.1 Å². The van der Waals surface area contributed by atoms with E-state index in [-0.39, 0.29) is 23.6 Å². The van der Waals surface area contributed by atoms with Crippen molar-refractivity contribution in [3.05, 3.63) is 0 Å². The molecule has 7 heteroatoms. The lowest BCUT2D eigenvalue weighted by molar-refractivity contribution is -0.141. The number of nitrogens with zero attached hydrogens (tertiary/aromatic N) is 2. The van der Waals surface area contributed by atoms with Crippen molar-refractivity contribution < 1.29 is 19.1 Å². The van der Waals surface area contributed by atoms with Gasteiger partial charge in [-0.05, 0) is 19.8 Å². The van der Waals surface area contributed by atoms with Gasteiger partial charge in [0.1, 0.15) is 6.04 Å². The van der Waals surface area contributed by atoms with Gasteiger partial charge in [-0.25, -0.2) is 0 Å². The second-order valence-corrected chi connectivity index (χ2v) is 6.20. The number of likely N-dealkylation sites (tertiary alicyclic amines) is 1. The molecule has 2 aliphatic heterocycles. The Hall–Kier alpha value is -1.63. The smallest absolute Gasteiger partial charge is 0.245 e. The maximum Gasteiger partial charge on any atom is 0.245 e. The number of hydrogen-bond donors (Lipinski definition) is 1. The van der Waals surface area contributed by atoms with Crippen LogP contribution in [0.15, 0.2) is 0 Å². The maximum atomic E-state index is 12.4. The van der Waals surface area contributed by atoms with Crippen LogP contribution in [0.2, 0.25) is 0 Å². The zero-order valence-electron chi connectivity index (χ0n) is 14.0. The number of piperidine rings is 1. The molecule has 0 aromatic carbocycles. The fourth-order valence-corrected chi connectivity index (χ4v) is 3.09. The molecule has 2 unspecified atom stereocenters.